The highest BCUT2D eigenvalue weighted by molar-refractivity contribution is 7.13. The molecule has 0 bridgehead atoms. The van der Waals surface area contributed by atoms with Crippen molar-refractivity contribution in [1.29, 1.82) is 0 Å². The first-order valence-electron chi connectivity index (χ1n) is 9.45. The Balaban J connectivity index is 1.56. The molecule has 0 unspecified atom stereocenters. The third-order valence-corrected chi connectivity index (χ3v) is 5.75. The number of hydrogen-bond acceptors (Lipinski definition) is 6. The van der Waals surface area contributed by atoms with Crippen LogP contribution >= 0.6 is 11.3 Å². The van der Waals surface area contributed by atoms with Crippen molar-refractivity contribution in [3.05, 3.63) is 58.7 Å². The van der Waals surface area contributed by atoms with Crippen molar-refractivity contribution in [2.75, 3.05) is 12.4 Å². The second-order valence-corrected chi connectivity index (χ2v) is 7.96. The molecule has 7 nitrogen and oxygen atoms in total. The molecule has 4 aromatic rings. The second-order valence-electron chi connectivity index (χ2n) is 7.01. The van der Waals surface area contributed by atoms with Crippen LogP contribution in [0.5, 0.6) is 5.75 Å². The predicted octanol–water partition coefficient (Wildman–Crippen LogP) is 4.84. The number of amides is 1. The van der Waals surface area contributed by atoms with Gasteiger partial charge < -0.3 is 19.0 Å². The van der Waals surface area contributed by atoms with E-state index in [1.165, 1.54) is 0 Å². The van der Waals surface area contributed by atoms with Gasteiger partial charge in [-0.25, -0.2) is 0 Å². The summed E-state index contributed by atoms with van der Waals surface area (Å²) in [5.41, 5.74) is 4.34. The maximum atomic E-state index is 12.7. The van der Waals surface area contributed by atoms with Gasteiger partial charge in [0.2, 0.25) is 11.8 Å². The molecule has 0 aliphatic rings. The molecule has 1 aromatic carbocycles. The van der Waals surface area contributed by atoms with Gasteiger partial charge in [0.05, 0.1) is 23.2 Å². The van der Waals surface area contributed by atoms with Crippen LogP contribution in [0.15, 0.2) is 46.2 Å². The molecule has 0 saturated heterocycles. The Hall–Kier alpha value is -3.39. The molecule has 8 heteroatoms. The SMILES string of the molecule is COc1ccc(C)cc1NC(=O)Cn1c(C)cc(-c2nnc(-c3cccs3)o2)c1C. The Bertz CT molecular complexity index is 1190. The molecule has 3 heterocycles. The highest BCUT2D eigenvalue weighted by atomic mass is 32.1. The van der Waals surface area contributed by atoms with E-state index in [4.69, 9.17) is 9.15 Å². The number of nitrogens with zero attached hydrogens (tertiary/aromatic N) is 3. The van der Waals surface area contributed by atoms with Crippen molar-refractivity contribution in [1.82, 2.24) is 14.8 Å². The van der Waals surface area contributed by atoms with Crippen molar-refractivity contribution >= 4 is 22.9 Å². The summed E-state index contributed by atoms with van der Waals surface area (Å²) in [6.45, 7) is 6.03. The van der Waals surface area contributed by atoms with Crippen molar-refractivity contribution < 1.29 is 13.9 Å². The molecule has 0 aliphatic heterocycles. The first-order valence-corrected chi connectivity index (χ1v) is 10.3. The summed E-state index contributed by atoms with van der Waals surface area (Å²) in [6.07, 6.45) is 0. The van der Waals surface area contributed by atoms with Gasteiger partial charge in [-0.3, -0.25) is 4.79 Å². The third-order valence-electron chi connectivity index (χ3n) is 4.89. The summed E-state index contributed by atoms with van der Waals surface area (Å²) in [5, 5.41) is 13.3. The van der Waals surface area contributed by atoms with Crippen molar-refractivity contribution in [2.45, 2.75) is 27.3 Å². The number of aromatic nitrogens is 3. The summed E-state index contributed by atoms with van der Waals surface area (Å²) in [7, 11) is 1.59. The molecule has 30 heavy (non-hydrogen) atoms. The maximum Gasteiger partial charge on any atom is 0.258 e. The molecule has 0 radical (unpaired) electrons. The summed E-state index contributed by atoms with van der Waals surface area (Å²) in [5.74, 6) is 1.42. The summed E-state index contributed by atoms with van der Waals surface area (Å²) in [6, 6.07) is 11.5. The van der Waals surface area contributed by atoms with Crippen molar-refractivity contribution in [3.63, 3.8) is 0 Å². The Morgan fingerprint density at radius 1 is 1.17 bits per heavy atom. The fourth-order valence-electron chi connectivity index (χ4n) is 3.35. The van der Waals surface area contributed by atoms with Crippen molar-refractivity contribution in [2.24, 2.45) is 0 Å². The maximum absolute atomic E-state index is 12.7. The number of nitrogens with one attached hydrogen (secondary N) is 1. The topological polar surface area (TPSA) is 82.2 Å². The minimum absolute atomic E-state index is 0.142. The van der Waals surface area contributed by atoms with E-state index in [1.807, 2.05) is 67.1 Å². The van der Waals surface area contributed by atoms with E-state index < -0.39 is 0 Å². The molecule has 4 rings (SSSR count). The number of methoxy groups -OCH3 is 1. The first kappa shape index (κ1) is 19.9. The summed E-state index contributed by atoms with van der Waals surface area (Å²) in [4.78, 5) is 13.7. The Labute approximate surface area is 178 Å². The van der Waals surface area contributed by atoms with Gasteiger partial charge >= 0.3 is 0 Å². The number of rotatable bonds is 6. The Morgan fingerprint density at radius 2 is 1.97 bits per heavy atom. The van der Waals surface area contributed by atoms with Crippen LogP contribution in [0.1, 0.15) is 17.0 Å². The van der Waals surface area contributed by atoms with Crippen LogP contribution in [0.25, 0.3) is 22.2 Å². The van der Waals surface area contributed by atoms with Crippen LogP contribution < -0.4 is 10.1 Å². The standard InChI is InChI=1S/C22H22N4O3S/c1-13-7-8-18(28-4)17(10-13)23-20(27)12-26-14(2)11-16(15(26)3)21-24-25-22(29-21)19-6-5-9-30-19/h5-11H,12H2,1-4H3,(H,23,27). The van der Waals surface area contributed by atoms with E-state index in [0.29, 0.717) is 23.2 Å². The van der Waals surface area contributed by atoms with E-state index in [1.54, 1.807) is 18.4 Å². The summed E-state index contributed by atoms with van der Waals surface area (Å²) >= 11 is 1.55. The number of thiophene rings is 1. The molecule has 0 saturated carbocycles. The molecule has 1 amide bonds. The lowest BCUT2D eigenvalue weighted by atomic mass is 10.2. The Morgan fingerprint density at radius 3 is 2.70 bits per heavy atom. The highest BCUT2D eigenvalue weighted by Crippen LogP contribution is 2.30. The van der Waals surface area contributed by atoms with Crippen LogP contribution in [-0.2, 0) is 11.3 Å². The molecule has 154 valence electrons. The fraction of sp³-hybridized carbons (Fsp3) is 0.227. The monoisotopic (exact) mass is 422 g/mol. The average molecular weight is 423 g/mol. The summed E-state index contributed by atoms with van der Waals surface area (Å²) < 4.78 is 13.1. The molecular formula is C22H22N4O3S. The van der Waals surface area contributed by atoms with E-state index in [2.05, 4.69) is 15.5 Å². The van der Waals surface area contributed by atoms with E-state index in [9.17, 15) is 4.79 Å². The predicted molar refractivity (Wildman–Crippen MR) is 117 cm³/mol. The van der Waals surface area contributed by atoms with Crippen LogP contribution in [0.4, 0.5) is 5.69 Å². The molecule has 3 aromatic heterocycles. The zero-order valence-corrected chi connectivity index (χ0v) is 18.0. The lowest BCUT2D eigenvalue weighted by Gasteiger charge is -2.13. The zero-order valence-electron chi connectivity index (χ0n) is 17.2. The normalized spacial score (nSPS) is 10.9. The number of hydrogen-bond donors (Lipinski definition) is 1. The molecule has 0 atom stereocenters. The van der Waals surface area contributed by atoms with E-state index >= 15 is 0 Å². The van der Waals surface area contributed by atoms with Gasteiger partial charge in [-0.1, -0.05) is 12.1 Å². The van der Waals surface area contributed by atoms with Crippen molar-refractivity contribution in [3.8, 4) is 28.0 Å². The first-order chi connectivity index (χ1) is 14.5. The van der Waals surface area contributed by atoms with Gasteiger partial charge in [0.1, 0.15) is 12.3 Å². The number of carbonyl (C=O) groups excluding carboxylic acids is 1. The number of anilines is 1. The van der Waals surface area contributed by atoms with Gasteiger partial charge in [0.25, 0.3) is 5.89 Å². The highest BCUT2D eigenvalue weighted by Gasteiger charge is 2.19. The third kappa shape index (κ3) is 3.86. The number of aryl methyl sites for hydroxylation is 2. The lowest BCUT2D eigenvalue weighted by Crippen LogP contribution is -2.20. The Kier molecular flexibility index (Phi) is 5.41. The number of benzene rings is 1. The minimum Gasteiger partial charge on any atom is -0.495 e. The van der Waals surface area contributed by atoms with Crippen LogP contribution in [0, 0.1) is 20.8 Å². The number of carbonyl (C=O) groups is 1. The zero-order chi connectivity index (χ0) is 21.3. The molecule has 1 N–H and O–H groups in total. The van der Waals surface area contributed by atoms with E-state index in [-0.39, 0.29) is 12.5 Å². The fourth-order valence-corrected chi connectivity index (χ4v) is 3.99. The second kappa shape index (κ2) is 8.16. The molecule has 0 spiro atoms. The molecule has 0 aliphatic carbocycles. The molecule has 0 fully saturated rings. The molecular weight excluding hydrogens is 400 g/mol. The van der Waals surface area contributed by atoms with E-state index in [0.717, 1.165) is 27.4 Å². The lowest BCUT2D eigenvalue weighted by molar-refractivity contribution is -0.116. The van der Waals surface area contributed by atoms with Crippen LogP contribution in [0.3, 0.4) is 0 Å². The number of ether oxygens (including phenoxy) is 1. The van der Waals surface area contributed by atoms with Crippen LogP contribution in [-0.4, -0.2) is 27.8 Å². The van der Waals surface area contributed by atoms with Gasteiger partial charge in [-0.15, -0.1) is 21.5 Å². The van der Waals surface area contributed by atoms with Gasteiger partial charge in [-0.2, -0.15) is 0 Å². The van der Waals surface area contributed by atoms with Gasteiger partial charge in [-0.05, 0) is 56.0 Å². The largest absolute Gasteiger partial charge is 0.495 e. The van der Waals surface area contributed by atoms with Gasteiger partial charge in [0.15, 0.2) is 0 Å². The average Bonchev–Trinajstić information content (AvgIpc) is 3.45. The smallest absolute Gasteiger partial charge is 0.258 e. The quantitative estimate of drug-likeness (QED) is 0.481. The van der Waals surface area contributed by atoms with Gasteiger partial charge in [0, 0.05) is 11.4 Å². The van der Waals surface area contributed by atoms with Crippen LogP contribution in [0.2, 0.25) is 0 Å². The minimum atomic E-state index is -0.142.